The second kappa shape index (κ2) is 3.15. The van der Waals surface area contributed by atoms with Gasteiger partial charge in [0.15, 0.2) is 0 Å². The van der Waals surface area contributed by atoms with E-state index in [2.05, 4.69) is 5.32 Å². The Labute approximate surface area is 61.3 Å². The first-order valence-corrected chi connectivity index (χ1v) is 3.73. The predicted molar refractivity (Wildman–Crippen MR) is 40.7 cm³/mol. The van der Waals surface area contributed by atoms with Crippen molar-refractivity contribution in [3.63, 3.8) is 0 Å². The molecule has 1 nitrogen and oxygen atoms in total. The number of nitrogens with one attached hydrogen (secondary N) is 1. The van der Waals surface area contributed by atoms with Crippen LogP contribution >= 0.6 is 0 Å². The molecule has 58 valence electrons. The molecule has 2 atom stereocenters. The SMILES string of the molecule is C/C=C(/C)[C@@H]1CNC[C@@H]1F. The first-order chi connectivity index (χ1) is 4.75. The molecule has 1 aliphatic rings. The van der Waals surface area contributed by atoms with E-state index >= 15 is 0 Å². The summed E-state index contributed by atoms with van der Waals surface area (Å²) >= 11 is 0. The van der Waals surface area contributed by atoms with Crippen molar-refractivity contribution in [1.29, 1.82) is 0 Å². The minimum Gasteiger partial charge on any atom is -0.313 e. The second-order valence-electron chi connectivity index (χ2n) is 2.81. The summed E-state index contributed by atoms with van der Waals surface area (Å²) < 4.78 is 12.9. The molecule has 0 amide bonds. The van der Waals surface area contributed by atoms with Gasteiger partial charge in [-0.25, -0.2) is 4.39 Å². The fourth-order valence-electron chi connectivity index (χ4n) is 1.31. The zero-order valence-corrected chi connectivity index (χ0v) is 6.52. The van der Waals surface area contributed by atoms with Crippen LogP contribution in [0.1, 0.15) is 13.8 Å². The van der Waals surface area contributed by atoms with Gasteiger partial charge in [-0.15, -0.1) is 0 Å². The van der Waals surface area contributed by atoms with Gasteiger partial charge in [0.05, 0.1) is 0 Å². The molecule has 1 heterocycles. The normalized spacial score (nSPS) is 34.9. The van der Waals surface area contributed by atoms with Crippen molar-refractivity contribution in [2.45, 2.75) is 20.0 Å². The fraction of sp³-hybridized carbons (Fsp3) is 0.750. The van der Waals surface area contributed by atoms with E-state index in [1.165, 1.54) is 0 Å². The van der Waals surface area contributed by atoms with Gasteiger partial charge in [-0.1, -0.05) is 11.6 Å². The third-order valence-electron chi connectivity index (χ3n) is 2.18. The van der Waals surface area contributed by atoms with Crippen LogP contribution in [0, 0.1) is 5.92 Å². The van der Waals surface area contributed by atoms with E-state index in [9.17, 15) is 4.39 Å². The van der Waals surface area contributed by atoms with Crippen LogP contribution in [0.3, 0.4) is 0 Å². The Bertz CT molecular complexity index is 142. The zero-order valence-electron chi connectivity index (χ0n) is 6.52. The molecular weight excluding hydrogens is 129 g/mol. The van der Waals surface area contributed by atoms with Gasteiger partial charge in [0.1, 0.15) is 6.17 Å². The van der Waals surface area contributed by atoms with Crippen LogP contribution in [-0.4, -0.2) is 19.3 Å². The van der Waals surface area contributed by atoms with Gasteiger partial charge < -0.3 is 5.32 Å². The molecule has 1 rings (SSSR count). The molecule has 0 spiro atoms. The topological polar surface area (TPSA) is 12.0 Å². The van der Waals surface area contributed by atoms with Crippen LogP contribution in [0.15, 0.2) is 11.6 Å². The summed E-state index contributed by atoms with van der Waals surface area (Å²) in [6.45, 7) is 5.28. The average molecular weight is 143 g/mol. The van der Waals surface area contributed by atoms with E-state index in [0.29, 0.717) is 6.54 Å². The Kier molecular flexibility index (Phi) is 2.44. The van der Waals surface area contributed by atoms with E-state index in [4.69, 9.17) is 0 Å². The van der Waals surface area contributed by atoms with Crippen LogP contribution in [0.4, 0.5) is 4.39 Å². The predicted octanol–water partition coefficient (Wildman–Crippen LogP) is 1.51. The summed E-state index contributed by atoms with van der Waals surface area (Å²) in [5.41, 5.74) is 1.16. The molecule has 1 aliphatic heterocycles. The standard InChI is InChI=1S/C8H14FN/c1-3-6(2)7-4-10-5-8(7)9/h3,7-8,10H,4-5H2,1-2H3/b6-3-/t7-,8-/m0/s1. The smallest absolute Gasteiger partial charge is 0.120 e. The molecule has 2 heteroatoms. The minimum atomic E-state index is -0.670. The molecule has 0 aliphatic carbocycles. The number of halogens is 1. The molecule has 0 aromatic heterocycles. The minimum absolute atomic E-state index is 0.130. The van der Waals surface area contributed by atoms with Crippen LogP contribution in [0.2, 0.25) is 0 Å². The molecule has 1 N–H and O–H groups in total. The van der Waals surface area contributed by atoms with E-state index in [-0.39, 0.29) is 5.92 Å². The van der Waals surface area contributed by atoms with Crippen LogP contribution < -0.4 is 5.32 Å². The third kappa shape index (κ3) is 1.37. The van der Waals surface area contributed by atoms with E-state index < -0.39 is 6.17 Å². The van der Waals surface area contributed by atoms with Crippen LogP contribution in [-0.2, 0) is 0 Å². The fourth-order valence-corrected chi connectivity index (χ4v) is 1.31. The van der Waals surface area contributed by atoms with Crippen molar-refractivity contribution in [3.8, 4) is 0 Å². The molecular formula is C8H14FN. The van der Waals surface area contributed by atoms with E-state index in [0.717, 1.165) is 12.1 Å². The number of rotatable bonds is 1. The monoisotopic (exact) mass is 143 g/mol. The molecule has 0 unspecified atom stereocenters. The highest BCUT2D eigenvalue weighted by atomic mass is 19.1. The van der Waals surface area contributed by atoms with Crippen molar-refractivity contribution in [2.75, 3.05) is 13.1 Å². The Morgan fingerprint density at radius 3 is 2.70 bits per heavy atom. The lowest BCUT2D eigenvalue weighted by Crippen LogP contribution is -2.13. The van der Waals surface area contributed by atoms with Crippen LogP contribution in [0.25, 0.3) is 0 Å². The summed E-state index contributed by atoms with van der Waals surface area (Å²) in [6.07, 6.45) is 1.32. The Balaban J connectivity index is 2.55. The van der Waals surface area contributed by atoms with E-state index in [1.54, 1.807) is 0 Å². The quantitative estimate of drug-likeness (QED) is 0.549. The Morgan fingerprint density at radius 2 is 2.30 bits per heavy atom. The molecule has 0 radical (unpaired) electrons. The van der Waals surface area contributed by atoms with Crippen molar-refractivity contribution < 1.29 is 4.39 Å². The molecule has 0 aromatic carbocycles. The van der Waals surface area contributed by atoms with Crippen molar-refractivity contribution in [3.05, 3.63) is 11.6 Å². The Hall–Kier alpha value is -0.370. The maximum atomic E-state index is 12.9. The Morgan fingerprint density at radius 1 is 1.60 bits per heavy atom. The molecule has 10 heavy (non-hydrogen) atoms. The van der Waals surface area contributed by atoms with Gasteiger partial charge in [-0.3, -0.25) is 0 Å². The molecule has 0 bridgehead atoms. The highest BCUT2D eigenvalue weighted by Crippen LogP contribution is 2.20. The average Bonchev–Trinajstić information content (AvgIpc) is 2.34. The van der Waals surface area contributed by atoms with Crippen molar-refractivity contribution in [2.24, 2.45) is 5.92 Å². The maximum Gasteiger partial charge on any atom is 0.120 e. The van der Waals surface area contributed by atoms with E-state index in [1.807, 2.05) is 19.9 Å². The summed E-state index contributed by atoms with van der Waals surface area (Å²) in [5.74, 6) is 0.130. The van der Waals surface area contributed by atoms with Gasteiger partial charge in [-0.2, -0.15) is 0 Å². The lowest BCUT2D eigenvalue weighted by atomic mass is 9.98. The molecule has 0 aromatic rings. The summed E-state index contributed by atoms with van der Waals surface area (Å²) in [5, 5.41) is 3.02. The third-order valence-corrected chi connectivity index (χ3v) is 2.18. The van der Waals surface area contributed by atoms with Gasteiger partial charge in [0.25, 0.3) is 0 Å². The van der Waals surface area contributed by atoms with Gasteiger partial charge in [0.2, 0.25) is 0 Å². The number of hydrogen-bond acceptors (Lipinski definition) is 1. The molecule has 0 saturated carbocycles. The highest BCUT2D eigenvalue weighted by Gasteiger charge is 2.26. The summed E-state index contributed by atoms with van der Waals surface area (Å²) in [7, 11) is 0. The first-order valence-electron chi connectivity index (χ1n) is 3.73. The van der Waals surface area contributed by atoms with Crippen molar-refractivity contribution >= 4 is 0 Å². The lowest BCUT2D eigenvalue weighted by Gasteiger charge is -2.10. The summed E-state index contributed by atoms with van der Waals surface area (Å²) in [6, 6.07) is 0. The number of alkyl halides is 1. The molecule has 1 saturated heterocycles. The molecule has 1 fully saturated rings. The second-order valence-corrected chi connectivity index (χ2v) is 2.81. The summed E-state index contributed by atoms with van der Waals surface area (Å²) in [4.78, 5) is 0. The lowest BCUT2D eigenvalue weighted by molar-refractivity contribution is 0.309. The van der Waals surface area contributed by atoms with Gasteiger partial charge >= 0.3 is 0 Å². The highest BCUT2D eigenvalue weighted by molar-refractivity contribution is 5.07. The zero-order chi connectivity index (χ0) is 7.56. The largest absolute Gasteiger partial charge is 0.313 e. The number of hydrogen-bond donors (Lipinski definition) is 1. The maximum absolute atomic E-state index is 12.9. The van der Waals surface area contributed by atoms with Gasteiger partial charge in [-0.05, 0) is 13.8 Å². The van der Waals surface area contributed by atoms with Crippen LogP contribution in [0.5, 0.6) is 0 Å². The van der Waals surface area contributed by atoms with Crippen molar-refractivity contribution in [1.82, 2.24) is 5.32 Å². The number of allylic oxidation sites excluding steroid dienone is 1. The first kappa shape index (κ1) is 7.73. The van der Waals surface area contributed by atoms with Gasteiger partial charge in [0, 0.05) is 19.0 Å².